The summed E-state index contributed by atoms with van der Waals surface area (Å²) >= 11 is 0. The SMILES string of the molecule is CC(=O)O.OCC1C=Cc2ccccc21. The molecule has 0 aromatic heterocycles. The summed E-state index contributed by atoms with van der Waals surface area (Å²) in [6.07, 6.45) is 4.11. The molecule has 3 heteroatoms. The van der Waals surface area contributed by atoms with Crippen LogP contribution >= 0.6 is 0 Å². The molecule has 1 aromatic carbocycles. The van der Waals surface area contributed by atoms with Crippen LogP contribution < -0.4 is 0 Å². The smallest absolute Gasteiger partial charge is 0.300 e. The topological polar surface area (TPSA) is 57.5 Å². The van der Waals surface area contributed by atoms with Crippen molar-refractivity contribution in [3.8, 4) is 0 Å². The number of aliphatic hydroxyl groups is 1. The van der Waals surface area contributed by atoms with E-state index >= 15 is 0 Å². The Morgan fingerprint density at radius 2 is 2.00 bits per heavy atom. The summed E-state index contributed by atoms with van der Waals surface area (Å²) in [5.74, 6) is -0.605. The maximum atomic E-state index is 9.00. The second-order valence-corrected chi connectivity index (χ2v) is 3.30. The summed E-state index contributed by atoms with van der Waals surface area (Å²) in [5.41, 5.74) is 2.49. The molecule has 0 saturated carbocycles. The lowest BCUT2D eigenvalue weighted by Crippen LogP contribution is -1.97. The number of carboxylic acid groups (broad SMARTS) is 1. The molecule has 1 aromatic rings. The van der Waals surface area contributed by atoms with Crippen molar-refractivity contribution in [2.75, 3.05) is 6.61 Å². The molecule has 1 atom stereocenters. The fourth-order valence-electron chi connectivity index (χ4n) is 1.48. The van der Waals surface area contributed by atoms with E-state index in [-0.39, 0.29) is 12.5 Å². The van der Waals surface area contributed by atoms with Gasteiger partial charge in [-0.3, -0.25) is 4.79 Å². The van der Waals surface area contributed by atoms with Crippen LogP contribution in [0.4, 0.5) is 0 Å². The van der Waals surface area contributed by atoms with E-state index in [9.17, 15) is 0 Å². The Labute approximate surface area is 88.7 Å². The first-order valence-electron chi connectivity index (χ1n) is 4.72. The lowest BCUT2D eigenvalue weighted by atomic mass is 10.0. The van der Waals surface area contributed by atoms with E-state index in [4.69, 9.17) is 15.0 Å². The van der Waals surface area contributed by atoms with E-state index in [1.807, 2.05) is 18.2 Å². The highest BCUT2D eigenvalue weighted by Gasteiger charge is 2.14. The molecule has 3 nitrogen and oxygen atoms in total. The fourth-order valence-corrected chi connectivity index (χ4v) is 1.48. The number of carbonyl (C=O) groups is 1. The number of hydrogen-bond donors (Lipinski definition) is 2. The van der Waals surface area contributed by atoms with Crippen molar-refractivity contribution < 1.29 is 15.0 Å². The molecule has 0 heterocycles. The van der Waals surface area contributed by atoms with E-state index in [1.165, 1.54) is 11.1 Å². The van der Waals surface area contributed by atoms with Gasteiger partial charge in [-0.25, -0.2) is 0 Å². The number of hydrogen-bond acceptors (Lipinski definition) is 2. The summed E-state index contributed by atoms with van der Waals surface area (Å²) in [4.78, 5) is 9.00. The van der Waals surface area contributed by atoms with Crippen LogP contribution in [0.5, 0.6) is 0 Å². The zero-order valence-corrected chi connectivity index (χ0v) is 8.55. The third-order valence-electron chi connectivity index (χ3n) is 2.10. The van der Waals surface area contributed by atoms with Crippen LogP contribution in [-0.2, 0) is 4.79 Å². The van der Waals surface area contributed by atoms with Crippen LogP contribution in [0.1, 0.15) is 24.0 Å². The van der Waals surface area contributed by atoms with Gasteiger partial charge in [-0.05, 0) is 11.1 Å². The molecule has 1 unspecified atom stereocenters. The maximum Gasteiger partial charge on any atom is 0.300 e. The van der Waals surface area contributed by atoms with Gasteiger partial charge in [-0.1, -0.05) is 36.4 Å². The van der Waals surface area contributed by atoms with Crippen molar-refractivity contribution in [2.45, 2.75) is 12.8 Å². The first kappa shape index (κ1) is 11.5. The first-order chi connectivity index (χ1) is 7.15. The lowest BCUT2D eigenvalue weighted by molar-refractivity contribution is -0.134. The van der Waals surface area contributed by atoms with Crippen molar-refractivity contribution in [3.05, 3.63) is 41.5 Å². The summed E-state index contributed by atoms with van der Waals surface area (Å²) in [6, 6.07) is 8.16. The Hall–Kier alpha value is -1.61. The van der Waals surface area contributed by atoms with Crippen molar-refractivity contribution in [2.24, 2.45) is 0 Å². The van der Waals surface area contributed by atoms with Crippen molar-refractivity contribution >= 4 is 12.0 Å². The van der Waals surface area contributed by atoms with Crippen LogP contribution in [-0.4, -0.2) is 22.8 Å². The van der Waals surface area contributed by atoms with Gasteiger partial charge in [-0.15, -0.1) is 0 Å². The molecule has 15 heavy (non-hydrogen) atoms. The van der Waals surface area contributed by atoms with Gasteiger partial charge in [-0.2, -0.15) is 0 Å². The van der Waals surface area contributed by atoms with Crippen molar-refractivity contribution in [1.82, 2.24) is 0 Å². The van der Waals surface area contributed by atoms with E-state index in [2.05, 4.69) is 18.2 Å². The molecule has 2 rings (SSSR count). The van der Waals surface area contributed by atoms with Crippen LogP contribution in [0, 0.1) is 0 Å². The number of benzene rings is 1. The highest BCUT2D eigenvalue weighted by atomic mass is 16.4. The van der Waals surface area contributed by atoms with Gasteiger partial charge < -0.3 is 10.2 Å². The van der Waals surface area contributed by atoms with Gasteiger partial charge >= 0.3 is 0 Å². The highest BCUT2D eigenvalue weighted by molar-refractivity contribution is 5.63. The molecule has 0 bridgehead atoms. The Kier molecular flexibility index (Phi) is 4.06. The van der Waals surface area contributed by atoms with Gasteiger partial charge in [0, 0.05) is 12.8 Å². The molecule has 0 aliphatic heterocycles. The van der Waals surface area contributed by atoms with Gasteiger partial charge in [0.05, 0.1) is 6.61 Å². The maximum absolute atomic E-state index is 9.00. The van der Waals surface area contributed by atoms with Crippen molar-refractivity contribution in [1.29, 1.82) is 0 Å². The summed E-state index contributed by atoms with van der Waals surface area (Å²) < 4.78 is 0. The average molecular weight is 206 g/mol. The molecule has 1 aliphatic rings. The van der Waals surface area contributed by atoms with Crippen LogP contribution in [0.2, 0.25) is 0 Å². The van der Waals surface area contributed by atoms with E-state index in [1.54, 1.807) is 0 Å². The summed E-state index contributed by atoms with van der Waals surface area (Å²) in [7, 11) is 0. The van der Waals surface area contributed by atoms with Gasteiger partial charge in [0.2, 0.25) is 0 Å². The predicted octanol–water partition coefficient (Wildman–Crippen LogP) is 1.88. The van der Waals surface area contributed by atoms with E-state index in [0.29, 0.717) is 0 Å². The third-order valence-corrected chi connectivity index (χ3v) is 2.10. The average Bonchev–Trinajstić information content (AvgIpc) is 2.59. The summed E-state index contributed by atoms with van der Waals surface area (Å²) in [6.45, 7) is 1.30. The number of rotatable bonds is 1. The second-order valence-electron chi connectivity index (χ2n) is 3.30. The van der Waals surface area contributed by atoms with Crippen LogP contribution in [0.25, 0.3) is 6.08 Å². The summed E-state index contributed by atoms with van der Waals surface area (Å²) in [5, 5.41) is 16.4. The minimum atomic E-state index is -0.833. The fraction of sp³-hybridized carbons (Fsp3) is 0.250. The van der Waals surface area contributed by atoms with E-state index < -0.39 is 5.97 Å². The zero-order chi connectivity index (χ0) is 11.3. The monoisotopic (exact) mass is 206 g/mol. The van der Waals surface area contributed by atoms with Gasteiger partial charge in [0.25, 0.3) is 5.97 Å². The molecule has 0 amide bonds. The predicted molar refractivity (Wildman–Crippen MR) is 58.6 cm³/mol. The van der Waals surface area contributed by atoms with Gasteiger partial charge in [0.1, 0.15) is 0 Å². The molecule has 80 valence electrons. The Balaban J connectivity index is 0.000000245. The van der Waals surface area contributed by atoms with Crippen LogP contribution in [0.3, 0.4) is 0 Å². The third kappa shape index (κ3) is 3.22. The molecule has 0 saturated heterocycles. The lowest BCUT2D eigenvalue weighted by Gasteiger charge is -2.05. The second kappa shape index (κ2) is 5.32. The number of carboxylic acids is 1. The molecule has 0 fully saturated rings. The van der Waals surface area contributed by atoms with Crippen LogP contribution in [0.15, 0.2) is 30.3 Å². The Morgan fingerprint density at radius 1 is 1.40 bits per heavy atom. The number of fused-ring (bicyclic) bond motifs is 1. The molecule has 1 aliphatic carbocycles. The molecule has 2 N–H and O–H groups in total. The van der Waals surface area contributed by atoms with Gasteiger partial charge in [0.15, 0.2) is 0 Å². The minimum Gasteiger partial charge on any atom is -0.481 e. The molecule has 0 radical (unpaired) electrons. The normalized spacial score (nSPS) is 16.5. The number of aliphatic carboxylic acids is 1. The van der Waals surface area contributed by atoms with Crippen molar-refractivity contribution in [3.63, 3.8) is 0 Å². The van der Waals surface area contributed by atoms with E-state index in [0.717, 1.165) is 6.92 Å². The number of aliphatic hydroxyl groups excluding tert-OH is 1. The molecule has 0 spiro atoms. The Bertz CT molecular complexity index is 365. The Morgan fingerprint density at radius 3 is 2.60 bits per heavy atom. The standard InChI is InChI=1S/C10H10O.C2H4O2/c11-7-9-6-5-8-3-1-2-4-10(8)9;1-2(3)4/h1-6,9,11H,7H2;1H3,(H,3,4). The minimum absolute atomic E-state index is 0.216. The molecular formula is C12H14O3. The largest absolute Gasteiger partial charge is 0.481 e. The zero-order valence-electron chi connectivity index (χ0n) is 8.55. The molecular weight excluding hydrogens is 192 g/mol. The quantitative estimate of drug-likeness (QED) is 0.737. The first-order valence-corrected chi connectivity index (χ1v) is 4.72. The highest BCUT2D eigenvalue weighted by Crippen LogP contribution is 2.28.